The van der Waals surface area contributed by atoms with Crippen LogP contribution in [0.1, 0.15) is 62.6 Å². The fourth-order valence-corrected chi connectivity index (χ4v) is 3.44. The minimum atomic E-state index is -0.118. The maximum absolute atomic E-state index is 12.8. The number of nitrogens with one attached hydrogen (secondary N) is 1. The van der Waals surface area contributed by atoms with E-state index in [2.05, 4.69) is 12.2 Å². The maximum Gasteiger partial charge on any atom is 0.287 e. The Bertz CT molecular complexity index is 704. The summed E-state index contributed by atoms with van der Waals surface area (Å²) in [5, 5.41) is 4.14. The van der Waals surface area contributed by atoms with Gasteiger partial charge in [0.15, 0.2) is 5.76 Å². The first-order chi connectivity index (χ1) is 11.6. The molecule has 0 bridgehead atoms. The van der Waals surface area contributed by atoms with Crippen molar-refractivity contribution in [2.24, 2.45) is 5.92 Å². The lowest BCUT2D eigenvalue weighted by Crippen LogP contribution is -2.41. The highest BCUT2D eigenvalue weighted by Crippen LogP contribution is 2.28. The summed E-state index contributed by atoms with van der Waals surface area (Å²) < 4.78 is 11.6. The number of amides is 1. The van der Waals surface area contributed by atoms with Gasteiger partial charge in [0, 0.05) is 17.0 Å². The van der Waals surface area contributed by atoms with Gasteiger partial charge in [-0.3, -0.25) is 4.79 Å². The predicted molar refractivity (Wildman–Crippen MR) is 95.0 cm³/mol. The quantitative estimate of drug-likeness (QED) is 0.867. The van der Waals surface area contributed by atoms with Gasteiger partial charge in [0.05, 0.1) is 12.7 Å². The zero-order chi connectivity index (χ0) is 17.1. The van der Waals surface area contributed by atoms with Crippen molar-refractivity contribution in [1.82, 2.24) is 5.32 Å². The van der Waals surface area contributed by atoms with E-state index in [0.717, 1.165) is 23.0 Å². The highest BCUT2D eigenvalue weighted by Gasteiger charge is 2.27. The van der Waals surface area contributed by atoms with Gasteiger partial charge in [0.25, 0.3) is 5.91 Å². The van der Waals surface area contributed by atoms with Crippen LogP contribution in [-0.2, 0) is 11.3 Å². The molecule has 0 saturated heterocycles. The lowest BCUT2D eigenvalue weighted by Gasteiger charge is -2.29. The monoisotopic (exact) mass is 329 g/mol. The molecule has 3 rings (SSSR count). The Hall–Kier alpha value is -1.81. The van der Waals surface area contributed by atoms with Crippen LogP contribution in [0.2, 0.25) is 0 Å². The van der Waals surface area contributed by atoms with Crippen LogP contribution in [-0.4, -0.2) is 18.1 Å². The number of rotatable bonds is 5. The van der Waals surface area contributed by atoms with Crippen LogP contribution in [0, 0.1) is 5.92 Å². The molecule has 0 radical (unpaired) electrons. The van der Waals surface area contributed by atoms with E-state index in [4.69, 9.17) is 9.15 Å². The predicted octanol–water partition coefficient (Wildman–Crippen LogP) is 4.67. The second kappa shape index (κ2) is 7.39. The fraction of sp³-hybridized carbons (Fsp3) is 0.550. The van der Waals surface area contributed by atoms with Gasteiger partial charge in [0.1, 0.15) is 5.58 Å². The average molecular weight is 329 g/mol. The maximum atomic E-state index is 12.8. The van der Waals surface area contributed by atoms with E-state index in [0.29, 0.717) is 18.3 Å². The van der Waals surface area contributed by atoms with Crippen molar-refractivity contribution in [2.45, 2.75) is 65.2 Å². The van der Waals surface area contributed by atoms with Crippen LogP contribution < -0.4 is 5.32 Å². The van der Waals surface area contributed by atoms with Gasteiger partial charge in [0.2, 0.25) is 0 Å². The van der Waals surface area contributed by atoms with Crippen molar-refractivity contribution in [3.63, 3.8) is 0 Å². The topological polar surface area (TPSA) is 51.5 Å². The first-order valence-corrected chi connectivity index (χ1v) is 8.99. The van der Waals surface area contributed by atoms with E-state index in [-0.39, 0.29) is 18.1 Å². The van der Waals surface area contributed by atoms with Crippen LogP contribution in [0.4, 0.5) is 0 Å². The molecule has 1 aliphatic rings. The summed E-state index contributed by atoms with van der Waals surface area (Å²) in [6.07, 6.45) is 4.76. The molecule has 1 N–H and O–H groups in total. The molecule has 1 fully saturated rings. The number of ether oxygens (including phenoxy) is 1. The Labute approximate surface area is 143 Å². The third-order valence-electron chi connectivity index (χ3n) is 4.89. The van der Waals surface area contributed by atoms with Crippen LogP contribution in [0.5, 0.6) is 0 Å². The molecule has 2 atom stereocenters. The Balaban J connectivity index is 1.86. The number of hydrogen-bond acceptors (Lipinski definition) is 3. The zero-order valence-electron chi connectivity index (χ0n) is 14.8. The Kier molecular flexibility index (Phi) is 5.24. The molecule has 4 nitrogen and oxygen atoms in total. The normalized spacial score (nSPS) is 21.3. The van der Waals surface area contributed by atoms with Crippen molar-refractivity contribution in [2.75, 3.05) is 0 Å². The zero-order valence-corrected chi connectivity index (χ0v) is 14.8. The van der Waals surface area contributed by atoms with Gasteiger partial charge in [-0.05, 0) is 38.7 Å². The molecule has 1 amide bonds. The highest BCUT2D eigenvalue weighted by molar-refractivity contribution is 5.99. The van der Waals surface area contributed by atoms with E-state index in [1.165, 1.54) is 19.3 Å². The van der Waals surface area contributed by atoms with Crippen molar-refractivity contribution >= 4 is 16.9 Å². The molecule has 2 unspecified atom stereocenters. The molecule has 1 aliphatic carbocycles. The molecule has 2 aromatic rings. The third kappa shape index (κ3) is 3.64. The van der Waals surface area contributed by atoms with E-state index in [1.54, 1.807) is 0 Å². The minimum Gasteiger partial charge on any atom is -0.451 e. The highest BCUT2D eigenvalue weighted by atomic mass is 16.5. The van der Waals surface area contributed by atoms with Crippen molar-refractivity contribution in [1.29, 1.82) is 0 Å². The number of hydrogen-bond donors (Lipinski definition) is 1. The summed E-state index contributed by atoms with van der Waals surface area (Å²) in [7, 11) is 0. The molecule has 1 aromatic heterocycles. The van der Waals surface area contributed by atoms with Gasteiger partial charge in [-0.1, -0.05) is 38.0 Å². The van der Waals surface area contributed by atoms with Crippen molar-refractivity contribution in [3.05, 3.63) is 35.6 Å². The summed E-state index contributed by atoms with van der Waals surface area (Å²) in [5.41, 5.74) is 1.59. The molecule has 24 heavy (non-hydrogen) atoms. The van der Waals surface area contributed by atoms with Gasteiger partial charge in [-0.2, -0.15) is 0 Å². The van der Waals surface area contributed by atoms with Crippen molar-refractivity contribution < 1.29 is 13.9 Å². The summed E-state index contributed by atoms with van der Waals surface area (Å²) >= 11 is 0. The fourth-order valence-electron chi connectivity index (χ4n) is 3.44. The van der Waals surface area contributed by atoms with E-state index in [1.807, 2.05) is 38.1 Å². The van der Waals surface area contributed by atoms with E-state index in [9.17, 15) is 4.79 Å². The molecule has 0 aliphatic heterocycles. The molecule has 130 valence electrons. The number of furan rings is 1. The first-order valence-electron chi connectivity index (χ1n) is 8.99. The van der Waals surface area contributed by atoms with Crippen LogP contribution >= 0.6 is 0 Å². The van der Waals surface area contributed by atoms with Gasteiger partial charge in [-0.15, -0.1) is 0 Å². The van der Waals surface area contributed by atoms with Gasteiger partial charge in [-0.25, -0.2) is 0 Å². The van der Waals surface area contributed by atoms with E-state index < -0.39 is 0 Å². The molecule has 1 saturated carbocycles. The smallest absolute Gasteiger partial charge is 0.287 e. The first kappa shape index (κ1) is 17.0. The molecule has 0 spiro atoms. The number of carbonyl (C=O) groups excluding carboxylic acids is 1. The van der Waals surface area contributed by atoms with Crippen LogP contribution in [0.25, 0.3) is 11.0 Å². The van der Waals surface area contributed by atoms with Gasteiger partial charge < -0.3 is 14.5 Å². The second-order valence-corrected chi connectivity index (χ2v) is 7.11. The molecular weight excluding hydrogens is 302 g/mol. The molecule has 1 heterocycles. The van der Waals surface area contributed by atoms with Crippen LogP contribution in [0.3, 0.4) is 0 Å². The Morgan fingerprint density at radius 3 is 2.79 bits per heavy atom. The Morgan fingerprint density at radius 1 is 1.29 bits per heavy atom. The number of para-hydroxylation sites is 1. The number of carbonyl (C=O) groups is 1. The van der Waals surface area contributed by atoms with Crippen LogP contribution in [0.15, 0.2) is 28.7 Å². The molecule has 4 heteroatoms. The summed E-state index contributed by atoms with van der Waals surface area (Å²) in [5.74, 6) is 0.796. The number of fused-ring (bicyclic) bond motifs is 1. The molecular formula is C20H27NO3. The lowest BCUT2D eigenvalue weighted by atomic mass is 9.86. The third-order valence-corrected chi connectivity index (χ3v) is 4.89. The largest absolute Gasteiger partial charge is 0.451 e. The summed E-state index contributed by atoms with van der Waals surface area (Å²) in [6, 6.07) is 8.00. The summed E-state index contributed by atoms with van der Waals surface area (Å²) in [6.45, 7) is 6.58. The van der Waals surface area contributed by atoms with E-state index >= 15 is 0 Å². The Morgan fingerprint density at radius 2 is 2.04 bits per heavy atom. The average Bonchev–Trinajstić information content (AvgIpc) is 2.94. The number of benzene rings is 1. The minimum absolute atomic E-state index is 0.105. The van der Waals surface area contributed by atoms with Gasteiger partial charge >= 0.3 is 0 Å². The lowest BCUT2D eigenvalue weighted by molar-refractivity contribution is 0.0640. The second-order valence-electron chi connectivity index (χ2n) is 7.11. The summed E-state index contributed by atoms with van der Waals surface area (Å²) in [4.78, 5) is 12.8. The van der Waals surface area contributed by atoms with Crippen molar-refractivity contribution in [3.8, 4) is 0 Å². The SMILES string of the molecule is CC(C)OCc1c(C(=O)NC2CCCCC2C)oc2ccccc12. The molecule has 1 aromatic carbocycles. The standard InChI is InChI=1S/C20H27NO3/c1-13(2)23-12-16-15-9-5-7-11-18(15)24-19(16)20(22)21-17-10-6-4-8-14(17)3/h5,7,9,11,13-14,17H,4,6,8,10,12H2,1-3H3,(H,21,22).